The maximum atomic E-state index is 12.0. The molecule has 2 aromatic rings. The van der Waals surface area contributed by atoms with Gasteiger partial charge in [-0.15, -0.1) is 0 Å². The van der Waals surface area contributed by atoms with Crippen LogP contribution in [0.4, 0.5) is 0 Å². The predicted molar refractivity (Wildman–Crippen MR) is 80.7 cm³/mol. The van der Waals surface area contributed by atoms with Gasteiger partial charge >= 0.3 is 0 Å². The van der Waals surface area contributed by atoms with Gasteiger partial charge in [-0.05, 0) is 37.6 Å². The summed E-state index contributed by atoms with van der Waals surface area (Å²) in [7, 11) is 1.68. The lowest BCUT2D eigenvalue weighted by molar-refractivity contribution is 0.432. The molecular weight excluding hydrogens is 254 g/mol. The smallest absolute Gasteiger partial charge is 0.275 e. The van der Waals surface area contributed by atoms with Crippen LogP contribution in [0.15, 0.2) is 46.2 Å². The number of hydrogen-bond acceptors (Lipinski definition) is 3. The number of aromatic nitrogens is 2. The quantitative estimate of drug-likeness (QED) is 0.841. The highest BCUT2D eigenvalue weighted by Gasteiger charge is 2.16. The molecule has 0 unspecified atom stereocenters. The third-order valence-electron chi connectivity index (χ3n) is 3.06. The van der Waals surface area contributed by atoms with Gasteiger partial charge in [-0.25, -0.2) is 4.68 Å². The molecule has 0 aliphatic heterocycles. The first-order valence-electron chi connectivity index (χ1n) is 6.26. The van der Waals surface area contributed by atoms with Crippen molar-refractivity contribution in [3.8, 4) is 11.6 Å². The third-order valence-corrected chi connectivity index (χ3v) is 3.06. The molecule has 0 fully saturated rings. The van der Waals surface area contributed by atoms with E-state index in [0.29, 0.717) is 11.3 Å². The molecule has 0 atom stereocenters. The molecular formula is C15H17N3O2. The molecule has 5 heteroatoms. The lowest BCUT2D eigenvalue weighted by Crippen LogP contribution is -2.06. The molecule has 0 amide bonds. The van der Waals surface area contributed by atoms with E-state index >= 15 is 0 Å². The number of H-pyrrole nitrogens is 1. The summed E-state index contributed by atoms with van der Waals surface area (Å²) in [6.45, 7) is 3.61. The highest BCUT2D eigenvalue weighted by molar-refractivity contribution is 5.99. The molecule has 1 aromatic heterocycles. The molecule has 0 aliphatic rings. The van der Waals surface area contributed by atoms with Crippen molar-refractivity contribution in [2.24, 2.45) is 4.99 Å². The second-order valence-corrected chi connectivity index (χ2v) is 4.50. The van der Waals surface area contributed by atoms with E-state index in [9.17, 15) is 9.90 Å². The van der Waals surface area contributed by atoms with Crippen molar-refractivity contribution in [3.63, 3.8) is 0 Å². The molecule has 20 heavy (non-hydrogen) atoms. The van der Waals surface area contributed by atoms with E-state index in [1.807, 2.05) is 25.1 Å². The molecule has 1 aromatic carbocycles. The van der Waals surface area contributed by atoms with Crippen LogP contribution in [0.3, 0.4) is 0 Å². The second kappa shape index (κ2) is 5.61. The maximum Gasteiger partial charge on any atom is 0.275 e. The van der Waals surface area contributed by atoms with Gasteiger partial charge < -0.3 is 5.11 Å². The summed E-state index contributed by atoms with van der Waals surface area (Å²) in [5.74, 6) is -0.0983. The van der Waals surface area contributed by atoms with Gasteiger partial charge in [-0.3, -0.25) is 14.9 Å². The van der Waals surface area contributed by atoms with E-state index in [2.05, 4.69) is 10.1 Å². The summed E-state index contributed by atoms with van der Waals surface area (Å²) in [5.41, 5.74) is 2.08. The minimum atomic E-state index is -0.330. The van der Waals surface area contributed by atoms with Crippen LogP contribution in [0.25, 0.3) is 11.3 Å². The van der Waals surface area contributed by atoms with Gasteiger partial charge in [0.15, 0.2) is 0 Å². The van der Waals surface area contributed by atoms with Crippen LogP contribution in [0.5, 0.6) is 5.88 Å². The number of para-hydroxylation sites is 1. The van der Waals surface area contributed by atoms with Crippen molar-refractivity contribution >= 4 is 11.3 Å². The van der Waals surface area contributed by atoms with Gasteiger partial charge in [0, 0.05) is 12.8 Å². The van der Waals surface area contributed by atoms with Crippen LogP contribution in [0.1, 0.15) is 19.4 Å². The number of nitrogens with zero attached hydrogens (tertiary/aromatic N) is 2. The first kappa shape index (κ1) is 13.9. The van der Waals surface area contributed by atoms with Crippen molar-refractivity contribution in [1.82, 2.24) is 9.78 Å². The first-order chi connectivity index (χ1) is 9.54. The Morgan fingerprint density at radius 1 is 1.30 bits per heavy atom. The van der Waals surface area contributed by atoms with Crippen molar-refractivity contribution < 1.29 is 5.11 Å². The Hall–Kier alpha value is -2.56. The topological polar surface area (TPSA) is 70.4 Å². The lowest BCUT2D eigenvalue weighted by atomic mass is 10.1. The second-order valence-electron chi connectivity index (χ2n) is 4.50. The Morgan fingerprint density at radius 3 is 2.55 bits per heavy atom. The number of benzene rings is 1. The fourth-order valence-corrected chi connectivity index (χ4v) is 1.99. The molecule has 0 radical (unpaired) electrons. The van der Waals surface area contributed by atoms with Gasteiger partial charge in [0.05, 0.1) is 5.69 Å². The van der Waals surface area contributed by atoms with Crippen LogP contribution >= 0.6 is 0 Å². The van der Waals surface area contributed by atoms with Crippen molar-refractivity contribution in [3.05, 3.63) is 52.3 Å². The Bertz CT molecular complexity index is 721. The number of aliphatic imine (C=N–C) groups is 1. The van der Waals surface area contributed by atoms with Crippen LogP contribution < -0.4 is 5.56 Å². The van der Waals surface area contributed by atoms with Crippen molar-refractivity contribution in [2.75, 3.05) is 7.05 Å². The largest absolute Gasteiger partial charge is 0.493 e. The SMILES string of the molecule is CN=C(C)/C=C(\C)c1c(O)n(-c2ccccc2)[nH]c1=O. The van der Waals surface area contributed by atoms with Crippen molar-refractivity contribution in [2.45, 2.75) is 13.8 Å². The number of aromatic amines is 1. The van der Waals surface area contributed by atoms with Crippen LogP contribution in [-0.2, 0) is 0 Å². The normalized spacial score (nSPS) is 12.8. The summed E-state index contributed by atoms with van der Waals surface area (Å²) in [5, 5.41) is 12.9. The molecule has 5 nitrogen and oxygen atoms in total. The number of nitrogens with one attached hydrogen (secondary N) is 1. The van der Waals surface area contributed by atoms with E-state index in [0.717, 1.165) is 5.71 Å². The van der Waals surface area contributed by atoms with Gasteiger partial charge in [-0.2, -0.15) is 0 Å². The van der Waals surface area contributed by atoms with Gasteiger partial charge in [0.1, 0.15) is 5.56 Å². The zero-order valence-corrected chi connectivity index (χ0v) is 11.7. The Balaban J connectivity index is 2.56. The van der Waals surface area contributed by atoms with Gasteiger partial charge in [0.25, 0.3) is 5.56 Å². The molecule has 0 bridgehead atoms. The molecule has 2 rings (SSSR count). The minimum Gasteiger partial charge on any atom is -0.493 e. The fraction of sp³-hybridized carbons (Fsp3) is 0.200. The summed E-state index contributed by atoms with van der Waals surface area (Å²) < 4.78 is 1.37. The van der Waals surface area contributed by atoms with Crippen LogP contribution in [0, 0.1) is 0 Å². The summed E-state index contributed by atoms with van der Waals surface area (Å²) in [6.07, 6.45) is 1.76. The molecule has 0 spiro atoms. The van der Waals surface area contributed by atoms with Crippen LogP contribution in [-0.4, -0.2) is 27.6 Å². The van der Waals surface area contributed by atoms with E-state index in [4.69, 9.17) is 0 Å². The minimum absolute atomic E-state index is 0.0983. The average Bonchev–Trinajstić information content (AvgIpc) is 2.74. The van der Waals surface area contributed by atoms with E-state index in [1.54, 1.807) is 32.2 Å². The number of aromatic hydroxyl groups is 1. The van der Waals surface area contributed by atoms with Gasteiger partial charge in [0.2, 0.25) is 5.88 Å². The Labute approximate surface area is 116 Å². The fourth-order valence-electron chi connectivity index (χ4n) is 1.99. The molecule has 0 saturated carbocycles. The van der Waals surface area contributed by atoms with Crippen LogP contribution in [0.2, 0.25) is 0 Å². The van der Waals surface area contributed by atoms with E-state index in [-0.39, 0.29) is 17.0 Å². The number of allylic oxidation sites excluding steroid dienone is 2. The predicted octanol–water partition coefficient (Wildman–Crippen LogP) is 2.37. The Kier molecular flexibility index (Phi) is 3.89. The summed E-state index contributed by atoms with van der Waals surface area (Å²) >= 11 is 0. The zero-order valence-electron chi connectivity index (χ0n) is 11.7. The molecule has 0 saturated heterocycles. The summed E-state index contributed by atoms with van der Waals surface area (Å²) in [4.78, 5) is 16.0. The summed E-state index contributed by atoms with van der Waals surface area (Å²) in [6, 6.07) is 9.15. The standard InChI is InChI=1S/C15H17N3O2/c1-10(9-11(2)16-3)13-14(19)17-18(15(13)20)12-7-5-4-6-8-12/h4-9,20H,1-3H3,(H,17,19)/b10-9+,16-11?. The third kappa shape index (κ3) is 2.56. The van der Waals surface area contributed by atoms with Crippen molar-refractivity contribution in [1.29, 1.82) is 0 Å². The first-order valence-corrected chi connectivity index (χ1v) is 6.26. The molecule has 104 valence electrons. The van der Waals surface area contributed by atoms with E-state index in [1.165, 1.54) is 4.68 Å². The monoisotopic (exact) mass is 271 g/mol. The van der Waals surface area contributed by atoms with E-state index < -0.39 is 0 Å². The highest BCUT2D eigenvalue weighted by atomic mass is 16.3. The molecule has 0 aliphatic carbocycles. The maximum absolute atomic E-state index is 12.0. The average molecular weight is 271 g/mol. The lowest BCUT2D eigenvalue weighted by Gasteiger charge is -2.04. The number of rotatable bonds is 3. The van der Waals surface area contributed by atoms with Gasteiger partial charge in [-0.1, -0.05) is 18.2 Å². The zero-order chi connectivity index (χ0) is 14.7. The highest BCUT2D eigenvalue weighted by Crippen LogP contribution is 2.23. The molecule has 1 heterocycles. The number of hydrogen-bond donors (Lipinski definition) is 2. The molecule has 2 N–H and O–H groups in total. The Morgan fingerprint density at radius 2 is 1.95 bits per heavy atom.